The van der Waals surface area contributed by atoms with E-state index in [2.05, 4.69) is 35.1 Å². The van der Waals surface area contributed by atoms with E-state index < -0.39 is 0 Å². The summed E-state index contributed by atoms with van der Waals surface area (Å²) in [6, 6.07) is 5.65. The van der Waals surface area contributed by atoms with Crippen molar-refractivity contribution in [2.24, 2.45) is 11.8 Å². The lowest BCUT2D eigenvalue weighted by molar-refractivity contribution is 0.226. The van der Waals surface area contributed by atoms with Crippen molar-refractivity contribution in [3.63, 3.8) is 0 Å². The summed E-state index contributed by atoms with van der Waals surface area (Å²) in [7, 11) is 0. The SMILES string of the molecule is CC1CCC(NCc2cc(Br)ccc2F)C(C)C1. The first-order valence-corrected chi connectivity index (χ1v) is 7.53. The van der Waals surface area contributed by atoms with Gasteiger partial charge in [0, 0.05) is 22.6 Å². The van der Waals surface area contributed by atoms with E-state index in [0.717, 1.165) is 16.0 Å². The fraction of sp³-hybridized carbons (Fsp3) is 0.600. The van der Waals surface area contributed by atoms with Crippen molar-refractivity contribution in [1.29, 1.82) is 0 Å². The van der Waals surface area contributed by atoms with Gasteiger partial charge in [-0.1, -0.05) is 29.8 Å². The average molecular weight is 314 g/mol. The third-order valence-corrected chi connectivity index (χ3v) is 4.49. The number of halogens is 2. The first-order valence-electron chi connectivity index (χ1n) is 6.73. The maximum Gasteiger partial charge on any atom is 0.127 e. The molecule has 0 spiro atoms. The van der Waals surface area contributed by atoms with Crippen LogP contribution in [0.5, 0.6) is 0 Å². The smallest absolute Gasteiger partial charge is 0.127 e. The first kappa shape index (κ1) is 14.0. The summed E-state index contributed by atoms with van der Waals surface area (Å²) in [6.07, 6.45) is 3.76. The third kappa shape index (κ3) is 3.55. The molecule has 1 saturated carbocycles. The monoisotopic (exact) mass is 313 g/mol. The Hall–Kier alpha value is -0.410. The Labute approximate surface area is 117 Å². The minimum Gasteiger partial charge on any atom is -0.310 e. The van der Waals surface area contributed by atoms with Crippen LogP contribution >= 0.6 is 15.9 Å². The lowest BCUT2D eigenvalue weighted by Gasteiger charge is -2.33. The molecule has 1 aromatic rings. The van der Waals surface area contributed by atoms with Gasteiger partial charge >= 0.3 is 0 Å². The predicted molar refractivity (Wildman–Crippen MR) is 76.9 cm³/mol. The van der Waals surface area contributed by atoms with Crippen molar-refractivity contribution in [2.75, 3.05) is 0 Å². The molecular weight excluding hydrogens is 293 g/mol. The van der Waals surface area contributed by atoms with Crippen LogP contribution in [0.3, 0.4) is 0 Å². The summed E-state index contributed by atoms with van der Waals surface area (Å²) < 4.78 is 14.6. The van der Waals surface area contributed by atoms with E-state index in [1.807, 2.05) is 6.07 Å². The molecule has 0 radical (unpaired) electrons. The van der Waals surface area contributed by atoms with Gasteiger partial charge in [-0.05, 0) is 49.3 Å². The second-order valence-electron chi connectivity index (χ2n) is 5.62. The summed E-state index contributed by atoms with van der Waals surface area (Å²) >= 11 is 3.39. The highest BCUT2D eigenvalue weighted by atomic mass is 79.9. The molecule has 0 aromatic heterocycles. The van der Waals surface area contributed by atoms with Gasteiger partial charge in [-0.15, -0.1) is 0 Å². The normalized spacial score (nSPS) is 28.3. The highest BCUT2D eigenvalue weighted by Crippen LogP contribution is 2.29. The number of hydrogen-bond donors (Lipinski definition) is 1. The van der Waals surface area contributed by atoms with E-state index in [1.54, 1.807) is 6.07 Å². The van der Waals surface area contributed by atoms with Gasteiger partial charge < -0.3 is 5.32 Å². The van der Waals surface area contributed by atoms with Crippen LogP contribution in [0.15, 0.2) is 22.7 Å². The van der Waals surface area contributed by atoms with Crippen molar-refractivity contribution in [2.45, 2.75) is 45.7 Å². The standard InChI is InChI=1S/C15H21BrFN/c1-10-3-6-15(11(2)7-10)18-9-12-8-13(16)4-5-14(12)17/h4-5,8,10-11,15,18H,3,6-7,9H2,1-2H3. The Bertz CT molecular complexity index is 407. The molecule has 3 heteroatoms. The van der Waals surface area contributed by atoms with Crippen molar-refractivity contribution in [1.82, 2.24) is 5.32 Å². The van der Waals surface area contributed by atoms with Crippen LogP contribution in [0.2, 0.25) is 0 Å². The zero-order valence-electron chi connectivity index (χ0n) is 11.0. The maximum absolute atomic E-state index is 13.6. The second kappa shape index (κ2) is 6.16. The summed E-state index contributed by atoms with van der Waals surface area (Å²) in [5.74, 6) is 1.40. The molecule has 1 aromatic carbocycles. The Kier molecular flexibility index (Phi) is 4.79. The van der Waals surface area contributed by atoms with Crippen molar-refractivity contribution in [3.8, 4) is 0 Å². The van der Waals surface area contributed by atoms with Crippen LogP contribution in [-0.4, -0.2) is 6.04 Å². The Balaban J connectivity index is 1.93. The Morgan fingerprint density at radius 2 is 2.11 bits per heavy atom. The summed E-state index contributed by atoms with van der Waals surface area (Å²) in [4.78, 5) is 0. The highest BCUT2D eigenvalue weighted by molar-refractivity contribution is 9.10. The molecule has 0 amide bonds. The molecule has 3 atom stereocenters. The van der Waals surface area contributed by atoms with Crippen LogP contribution in [0.1, 0.15) is 38.7 Å². The second-order valence-corrected chi connectivity index (χ2v) is 6.53. The summed E-state index contributed by atoms with van der Waals surface area (Å²) in [5, 5.41) is 3.52. The van der Waals surface area contributed by atoms with E-state index in [4.69, 9.17) is 0 Å². The molecular formula is C15H21BrFN. The highest BCUT2D eigenvalue weighted by Gasteiger charge is 2.24. The molecule has 3 unspecified atom stereocenters. The van der Waals surface area contributed by atoms with Gasteiger partial charge in [-0.25, -0.2) is 4.39 Å². The zero-order valence-corrected chi connectivity index (χ0v) is 12.6. The molecule has 0 heterocycles. The summed E-state index contributed by atoms with van der Waals surface area (Å²) in [5.41, 5.74) is 0.746. The molecule has 1 nitrogen and oxygen atoms in total. The first-order chi connectivity index (χ1) is 8.56. The van der Waals surface area contributed by atoms with Crippen LogP contribution in [0, 0.1) is 17.7 Å². The average Bonchev–Trinajstić information content (AvgIpc) is 2.32. The molecule has 1 fully saturated rings. The fourth-order valence-corrected chi connectivity index (χ4v) is 3.30. The van der Waals surface area contributed by atoms with Gasteiger partial charge in [-0.2, -0.15) is 0 Å². The number of rotatable bonds is 3. The minimum absolute atomic E-state index is 0.123. The number of nitrogens with one attached hydrogen (secondary N) is 1. The van der Waals surface area contributed by atoms with E-state index >= 15 is 0 Å². The van der Waals surface area contributed by atoms with Gasteiger partial charge in [0.1, 0.15) is 5.82 Å². The Morgan fingerprint density at radius 1 is 1.33 bits per heavy atom. The fourth-order valence-electron chi connectivity index (χ4n) is 2.89. The van der Waals surface area contributed by atoms with Crippen LogP contribution < -0.4 is 5.32 Å². The van der Waals surface area contributed by atoms with Gasteiger partial charge in [0.2, 0.25) is 0 Å². The lowest BCUT2D eigenvalue weighted by Crippen LogP contribution is -2.38. The van der Waals surface area contributed by atoms with Crippen LogP contribution in [-0.2, 0) is 6.54 Å². The molecule has 2 rings (SSSR count). The van der Waals surface area contributed by atoms with E-state index in [1.165, 1.54) is 25.3 Å². The molecule has 0 bridgehead atoms. The topological polar surface area (TPSA) is 12.0 Å². The van der Waals surface area contributed by atoms with Crippen LogP contribution in [0.4, 0.5) is 4.39 Å². The minimum atomic E-state index is -0.123. The van der Waals surface area contributed by atoms with E-state index in [-0.39, 0.29) is 5.82 Å². The largest absolute Gasteiger partial charge is 0.310 e. The molecule has 1 N–H and O–H groups in total. The van der Waals surface area contributed by atoms with Crippen molar-refractivity contribution >= 4 is 15.9 Å². The molecule has 1 aliphatic rings. The van der Waals surface area contributed by atoms with Crippen molar-refractivity contribution < 1.29 is 4.39 Å². The third-order valence-electron chi connectivity index (χ3n) is 3.99. The van der Waals surface area contributed by atoms with Crippen LogP contribution in [0.25, 0.3) is 0 Å². The number of hydrogen-bond acceptors (Lipinski definition) is 1. The van der Waals surface area contributed by atoms with Gasteiger partial charge in [-0.3, -0.25) is 0 Å². The van der Waals surface area contributed by atoms with Gasteiger partial charge in [0.15, 0.2) is 0 Å². The quantitative estimate of drug-likeness (QED) is 0.866. The molecule has 0 aliphatic heterocycles. The predicted octanol–water partition coefficient (Wildman–Crippen LogP) is 4.50. The maximum atomic E-state index is 13.6. The molecule has 1 aliphatic carbocycles. The molecule has 100 valence electrons. The van der Waals surface area contributed by atoms with E-state index in [9.17, 15) is 4.39 Å². The molecule has 0 saturated heterocycles. The zero-order chi connectivity index (χ0) is 13.1. The number of benzene rings is 1. The van der Waals surface area contributed by atoms with Gasteiger partial charge in [0.05, 0.1) is 0 Å². The molecule has 18 heavy (non-hydrogen) atoms. The van der Waals surface area contributed by atoms with E-state index in [0.29, 0.717) is 18.5 Å². The van der Waals surface area contributed by atoms with Crippen molar-refractivity contribution in [3.05, 3.63) is 34.1 Å². The lowest BCUT2D eigenvalue weighted by atomic mass is 9.80. The van der Waals surface area contributed by atoms with Gasteiger partial charge in [0.25, 0.3) is 0 Å². The Morgan fingerprint density at radius 3 is 2.83 bits per heavy atom. The summed E-state index contributed by atoms with van der Waals surface area (Å²) in [6.45, 7) is 5.24.